The van der Waals surface area contributed by atoms with Crippen molar-refractivity contribution >= 4 is 17.8 Å². The van der Waals surface area contributed by atoms with Crippen LogP contribution in [0.15, 0.2) is 0 Å². The van der Waals surface area contributed by atoms with Crippen LogP contribution in [0.1, 0.15) is 77.6 Å². The van der Waals surface area contributed by atoms with Crippen molar-refractivity contribution in [2.24, 2.45) is 16.7 Å². The van der Waals surface area contributed by atoms with E-state index in [9.17, 15) is 28.4 Å². The van der Waals surface area contributed by atoms with E-state index in [0.29, 0.717) is 25.9 Å². The summed E-state index contributed by atoms with van der Waals surface area (Å²) in [6.07, 6.45) is 5.71. The maximum Gasteiger partial charge on any atom is 0.317 e. The molecule has 2 N–H and O–H groups in total. The lowest BCUT2D eigenvalue weighted by Crippen LogP contribution is -2.53. The van der Waals surface area contributed by atoms with E-state index in [-0.39, 0.29) is 24.2 Å². The van der Waals surface area contributed by atoms with Crippen LogP contribution in [-0.4, -0.2) is 52.8 Å². The lowest BCUT2D eigenvalue weighted by molar-refractivity contribution is -0.138. The molecule has 0 aromatic rings. The molecule has 2 amide bonds. The van der Waals surface area contributed by atoms with Crippen molar-refractivity contribution < 1.29 is 28.3 Å². The van der Waals surface area contributed by atoms with Crippen LogP contribution in [-0.2, 0) is 9.59 Å². The summed E-state index contributed by atoms with van der Waals surface area (Å²) in [5, 5.41) is 20.7. The number of hydrogen-bond donors (Lipinski definition) is 2. The minimum Gasteiger partial charge on any atom is -0.481 e. The van der Waals surface area contributed by atoms with E-state index in [4.69, 9.17) is 5.11 Å². The largest absolute Gasteiger partial charge is 0.481 e. The number of carboxylic acid groups (broad SMARTS) is 1. The summed E-state index contributed by atoms with van der Waals surface area (Å²) in [5.74, 6) is -4.17. The normalized spacial score (nSPS) is 23.2. The fourth-order valence-electron chi connectivity index (χ4n) is 5.21. The minimum atomic E-state index is -3.11. The monoisotopic (exact) mass is 453 g/mol. The van der Waals surface area contributed by atoms with Gasteiger partial charge in [-0.15, -0.1) is 0 Å². The molecule has 9 heteroatoms. The van der Waals surface area contributed by atoms with Gasteiger partial charge in [0.2, 0.25) is 5.92 Å². The second kappa shape index (κ2) is 9.32. The van der Waals surface area contributed by atoms with Crippen molar-refractivity contribution in [2.75, 3.05) is 13.1 Å². The van der Waals surface area contributed by atoms with Gasteiger partial charge >= 0.3 is 12.0 Å². The number of amides is 2. The molecule has 1 atom stereocenters. The first-order valence-corrected chi connectivity index (χ1v) is 11.5. The number of nitrogens with one attached hydrogen (secondary N) is 1. The topological polar surface area (TPSA) is 110 Å². The van der Waals surface area contributed by atoms with Gasteiger partial charge in [0.1, 0.15) is 0 Å². The Morgan fingerprint density at radius 1 is 1.16 bits per heavy atom. The molecule has 178 valence electrons. The SMILES string of the molecule is CC(F)(F)C[C@H](NC(=O)N1CCC2(CCC(CC(=O)O)CC2)CC1)C(=O)CC1(C#N)CC1. The zero-order chi connectivity index (χ0) is 23.6. The van der Waals surface area contributed by atoms with Crippen LogP contribution < -0.4 is 5.32 Å². The molecular formula is C23H33F2N3O4. The Balaban J connectivity index is 1.53. The number of carbonyl (C=O) groups is 3. The van der Waals surface area contributed by atoms with Gasteiger partial charge in [0.05, 0.1) is 17.5 Å². The highest BCUT2D eigenvalue weighted by Gasteiger charge is 2.47. The lowest BCUT2D eigenvalue weighted by Gasteiger charge is -2.46. The highest BCUT2D eigenvalue weighted by atomic mass is 19.3. The average Bonchev–Trinajstić information content (AvgIpc) is 3.48. The van der Waals surface area contributed by atoms with Gasteiger partial charge < -0.3 is 15.3 Å². The molecule has 3 fully saturated rings. The number of carbonyl (C=O) groups excluding carboxylic acids is 2. The molecule has 0 bridgehead atoms. The Morgan fingerprint density at radius 3 is 2.22 bits per heavy atom. The van der Waals surface area contributed by atoms with E-state index in [0.717, 1.165) is 45.4 Å². The number of nitrogens with zero attached hydrogens (tertiary/aromatic N) is 2. The number of piperidine rings is 1. The first-order valence-electron chi connectivity index (χ1n) is 11.5. The molecule has 0 aromatic carbocycles. The average molecular weight is 454 g/mol. The molecule has 1 heterocycles. The maximum atomic E-state index is 13.7. The number of rotatable bonds is 8. The maximum absolute atomic E-state index is 13.7. The Kier molecular flexibility index (Phi) is 7.11. The summed E-state index contributed by atoms with van der Waals surface area (Å²) in [6.45, 7) is 1.70. The predicted molar refractivity (Wildman–Crippen MR) is 112 cm³/mol. The van der Waals surface area contributed by atoms with Crippen LogP contribution in [0.25, 0.3) is 0 Å². The summed E-state index contributed by atoms with van der Waals surface area (Å²) in [6, 6.07) is 0.280. The van der Waals surface area contributed by atoms with Crippen molar-refractivity contribution in [1.82, 2.24) is 10.2 Å². The molecule has 1 saturated heterocycles. The molecule has 1 aliphatic heterocycles. The molecule has 0 radical (unpaired) electrons. The van der Waals surface area contributed by atoms with Crippen LogP contribution in [0.5, 0.6) is 0 Å². The Bertz CT molecular complexity index is 767. The first-order chi connectivity index (χ1) is 14.9. The number of urea groups is 1. The number of ketones is 1. The number of Topliss-reactive ketones (excluding diaryl/α,β-unsaturated/α-hetero) is 1. The Hall–Kier alpha value is -2.24. The highest BCUT2D eigenvalue weighted by Crippen LogP contribution is 2.49. The second-order valence-electron chi connectivity index (χ2n) is 10.3. The number of halogens is 2. The van der Waals surface area contributed by atoms with Crippen molar-refractivity contribution in [1.29, 1.82) is 5.26 Å². The second-order valence-corrected chi connectivity index (χ2v) is 10.3. The minimum absolute atomic E-state index is 0.106. The van der Waals surface area contributed by atoms with Gasteiger partial charge in [0.15, 0.2) is 5.78 Å². The van der Waals surface area contributed by atoms with Crippen LogP contribution in [0.4, 0.5) is 13.6 Å². The Morgan fingerprint density at radius 2 is 1.75 bits per heavy atom. The van der Waals surface area contributed by atoms with Gasteiger partial charge in [-0.3, -0.25) is 9.59 Å². The zero-order valence-electron chi connectivity index (χ0n) is 18.7. The quantitative estimate of drug-likeness (QED) is 0.574. The third-order valence-corrected chi connectivity index (χ3v) is 7.59. The molecule has 3 rings (SSSR count). The first kappa shape index (κ1) is 24.4. The number of nitriles is 1. The molecule has 1 spiro atoms. The number of hydrogen-bond acceptors (Lipinski definition) is 4. The third kappa shape index (κ3) is 6.39. The van der Waals surface area contributed by atoms with Crippen LogP contribution in [0, 0.1) is 28.1 Å². The van der Waals surface area contributed by atoms with E-state index in [1.54, 1.807) is 4.90 Å². The molecular weight excluding hydrogens is 420 g/mol. The van der Waals surface area contributed by atoms with Gasteiger partial charge in [-0.2, -0.15) is 5.26 Å². The summed E-state index contributed by atoms with van der Waals surface area (Å²) in [4.78, 5) is 37.9. The summed E-state index contributed by atoms with van der Waals surface area (Å²) in [5.41, 5.74) is -0.636. The van der Waals surface area contributed by atoms with E-state index in [2.05, 4.69) is 11.4 Å². The fraction of sp³-hybridized carbons (Fsp3) is 0.826. The summed E-state index contributed by atoms with van der Waals surface area (Å²) in [7, 11) is 0. The van der Waals surface area contributed by atoms with E-state index < -0.39 is 41.6 Å². The van der Waals surface area contributed by atoms with Crippen LogP contribution in [0.3, 0.4) is 0 Å². The van der Waals surface area contributed by atoms with E-state index in [1.807, 2.05) is 0 Å². The van der Waals surface area contributed by atoms with Gasteiger partial charge in [0.25, 0.3) is 0 Å². The van der Waals surface area contributed by atoms with Crippen molar-refractivity contribution in [3.8, 4) is 6.07 Å². The molecule has 2 saturated carbocycles. The van der Waals surface area contributed by atoms with Crippen molar-refractivity contribution in [3.05, 3.63) is 0 Å². The van der Waals surface area contributed by atoms with Gasteiger partial charge in [-0.05, 0) is 69.6 Å². The highest BCUT2D eigenvalue weighted by molar-refractivity contribution is 5.89. The molecule has 0 unspecified atom stereocenters. The standard InChI is InChI=1S/C23H33F2N3O4/c1-21(24,25)13-17(18(29)14-23(15-26)6-7-23)27-20(32)28-10-8-22(9-11-28)4-2-16(3-5-22)12-19(30)31/h16-17H,2-14H2,1H3,(H,27,32)(H,30,31)/t17-/m0/s1. The van der Waals surface area contributed by atoms with Crippen LogP contribution in [0.2, 0.25) is 0 Å². The summed E-state index contributed by atoms with van der Waals surface area (Å²) >= 11 is 0. The van der Waals surface area contributed by atoms with Crippen molar-refractivity contribution in [3.63, 3.8) is 0 Å². The van der Waals surface area contributed by atoms with Gasteiger partial charge in [-0.1, -0.05) is 0 Å². The molecule has 0 aromatic heterocycles. The number of aliphatic carboxylic acids is 1. The predicted octanol–water partition coefficient (Wildman–Crippen LogP) is 4.12. The number of alkyl halides is 2. The number of carboxylic acids is 1. The smallest absolute Gasteiger partial charge is 0.317 e. The molecule has 7 nitrogen and oxygen atoms in total. The zero-order valence-corrected chi connectivity index (χ0v) is 18.7. The number of likely N-dealkylation sites (tertiary alicyclic amines) is 1. The van der Waals surface area contributed by atoms with Crippen LogP contribution >= 0.6 is 0 Å². The van der Waals surface area contributed by atoms with Gasteiger partial charge in [0, 0.05) is 32.4 Å². The van der Waals surface area contributed by atoms with Crippen molar-refractivity contribution in [2.45, 2.75) is 89.5 Å². The fourth-order valence-corrected chi connectivity index (χ4v) is 5.21. The molecule has 2 aliphatic carbocycles. The molecule has 3 aliphatic rings. The van der Waals surface area contributed by atoms with E-state index >= 15 is 0 Å². The molecule has 32 heavy (non-hydrogen) atoms. The Labute approximate surface area is 187 Å². The lowest BCUT2D eigenvalue weighted by atomic mass is 9.65. The van der Waals surface area contributed by atoms with E-state index in [1.165, 1.54) is 0 Å². The third-order valence-electron chi connectivity index (χ3n) is 7.59. The van der Waals surface area contributed by atoms with Gasteiger partial charge in [-0.25, -0.2) is 13.6 Å². The summed E-state index contributed by atoms with van der Waals surface area (Å²) < 4.78 is 27.4.